The molecule has 4 heteroatoms. The molecule has 0 bridgehead atoms. The molecule has 1 amide bonds. The predicted octanol–water partition coefficient (Wildman–Crippen LogP) is 1.60. The van der Waals surface area contributed by atoms with Gasteiger partial charge in [0.25, 0.3) is 0 Å². The average molecular weight is 257 g/mol. The predicted molar refractivity (Wildman–Crippen MR) is 77.4 cm³/mol. The lowest BCUT2D eigenvalue weighted by Crippen LogP contribution is -2.44. The summed E-state index contributed by atoms with van der Waals surface area (Å²) in [5, 5.41) is 3.00. The molecule has 0 aliphatic heterocycles. The van der Waals surface area contributed by atoms with E-state index in [1.807, 2.05) is 0 Å². The summed E-state index contributed by atoms with van der Waals surface area (Å²) in [7, 11) is 0. The van der Waals surface area contributed by atoms with Gasteiger partial charge >= 0.3 is 0 Å². The Hall–Kier alpha value is -0.610. The maximum Gasteiger partial charge on any atom is 0.224 e. The van der Waals surface area contributed by atoms with Gasteiger partial charge in [0, 0.05) is 31.7 Å². The summed E-state index contributed by atoms with van der Waals surface area (Å²) in [5.41, 5.74) is 5.62. The van der Waals surface area contributed by atoms with Crippen molar-refractivity contribution in [2.45, 2.75) is 59.5 Å². The Morgan fingerprint density at radius 3 is 2.17 bits per heavy atom. The van der Waals surface area contributed by atoms with E-state index in [9.17, 15) is 4.79 Å². The van der Waals surface area contributed by atoms with E-state index in [-0.39, 0.29) is 11.8 Å². The molecule has 0 saturated carbocycles. The zero-order valence-electron chi connectivity index (χ0n) is 12.7. The van der Waals surface area contributed by atoms with Gasteiger partial charge < -0.3 is 11.1 Å². The Balaban J connectivity index is 4.05. The van der Waals surface area contributed by atoms with Gasteiger partial charge in [0.15, 0.2) is 0 Å². The molecule has 0 saturated heterocycles. The SMILES string of the molecule is CCCC(CN)C(=O)NCCN(C(C)C)C(C)C. The van der Waals surface area contributed by atoms with Crippen LogP contribution in [0.1, 0.15) is 47.5 Å². The summed E-state index contributed by atoms with van der Waals surface area (Å²) in [6.45, 7) is 12.8. The Morgan fingerprint density at radius 1 is 1.22 bits per heavy atom. The topological polar surface area (TPSA) is 58.4 Å². The lowest BCUT2D eigenvalue weighted by molar-refractivity contribution is -0.125. The van der Waals surface area contributed by atoms with Gasteiger partial charge in [0.1, 0.15) is 0 Å². The third-order valence-corrected chi connectivity index (χ3v) is 3.29. The maximum absolute atomic E-state index is 11.9. The van der Waals surface area contributed by atoms with Gasteiger partial charge in [-0.15, -0.1) is 0 Å². The van der Waals surface area contributed by atoms with Crippen LogP contribution in [0, 0.1) is 5.92 Å². The molecule has 0 fully saturated rings. The number of hydrogen-bond acceptors (Lipinski definition) is 3. The first-order valence-corrected chi connectivity index (χ1v) is 7.17. The maximum atomic E-state index is 11.9. The fourth-order valence-electron chi connectivity index (χ4n) is 2.27. The number of nitrogens with two attached hydrogens (primary N) is 1. The Kier molecular flexibility index (Phi) is 9.02. The monoisotopic (exact) mass is 257 g/mol. The van der Waals surface area contributed by atoms with Crippen molar-refractivity contribution >= 4 is 5.91 Å². The number of rotatable bonds is 9. The summed E-state index contributed by atoms with van der Waals surface area (Å²) in [6, 6.07) is 1.01. The molecule has 18 heavy (non-hydrogen) atoms. The summed E-state index contributed by atoms with van der Waals surface area (Å²) in [5.74, 6) is 0.0772. The molecule has 0 aromatic carbocycles. The van der Waals surface area contributed by atoms with E-state index in [0.717, 1.165) is 19.4 Å². The first-order valence-electron chi connectivity index (χ1n) is 7.17. The van der Waals surface area contributed by atoms with Crippen LogP contribution < -0.4 is 11.1 Å². The highest BCUT2D eigenvalue weighted by Crippen LogP contribution is 2.05. The Morgan fingerprint density at radius 2 is 1.78 bits per heavy atom. The van der Waals surface area contributed by atoms with Crippen LogP contribution in [0.25, 0.3) is 0 Å². The summed E-state index contributed by atoms with van der Waals surface area (Å²) < 4.78 is 0. The third-order valence-electron chi connectivity index (χ3n) is 3.29. The van der Waals surface area contributed by atoms with Crippen LogP contribution in [0.15, 0.2) is 0 Å². The number of nitrogens with one attached hydrogen (secondary N) is 1. The Labute approximate surface area is 112 Å². The van der Waals surface area contributed by atoms with Crippen LogP contribution >= 0.6 is 0 Å². The zero-order valence-corrected chi connectivity index (χ0v) is 12.7. The minimum absolute atomic E-state index is 0.0263. The van der Waals surface area contributed by atoms with Crippen molar-refractivity contribution < 1.29 is 4.79 Å². The van der Waals surface area contributed by atoms with Crippen molar-refractivity contribution in [3.63, 3.8) is 0 Å². The van der Waals surface area contributed by atoms with Crippen LogP contribution in [0.4, 0.5) is 0 Å². The molecule has 0 aliphatic carbocycles. The van der Waals surface area contributed by atoms with Crippen molar-refractivity contribution in [2.24, 2.45) is 11.7 Å². The smallest absolute Gasteiger partial charge is 0.224 e. The molecule has 0 rings (SSSR count). The molecule has 1 unspecified atom stereocenters. The van der Waals surface area contributed by atoms with Crippen LogP contribution in [-0.2, 0) is 4.79 Å². The lowest BCUT2D eigenvalue weighted by Gasteiger charge is -2.30. The van der Waals surface area contributed by atoms with Gasteiger partial charge in [-0.1, -0.05) is 13.3 Å². The van der Waals surface area contributed by atoms with E-state index in [1.165, 1.54) is 0 Å². The minimum atomic E-state index is -0.0263. The van der Waals surface area contributed by atoms with Gasteiger partial charge in [-0.3, -0.25) is 9.69 Å². The average Bonchev–Trinajstić information content (AvgIpc) is 2.30. The largest absolute Gasteiger partial charge is 0.355 e. The molecule has 4 nitrogen and oxygen atoms in total. The molecule has 3 N–H and O–H groups in total. The molecule has 0 spiro atoms. The number of carbonyl (C=O) groups is 1. The van der Waals surface area contributed by atoms with Crippen molar-refractivity contribution in [3.05, 3.63) is 0 Å². The standard InChI is InChI=1S/C14H31N3O/c1-6-7-13(10-15)14(18)16-8-9-17(11(2)3)12(4)5/h11-13H,6-10,15H2,1-5H3,(H,16,18). The van der Waals surface area contributed by atoms with Crippen molar-refractivity contribution in [1.82, 2.24) is 10.2 Å². The van der Waals surface area contributed by atoms with E-state index >= 15 is 0 Å². The van der Waals surface area contributed by atoms with E-state index in [4.69, 9.17) is 5.73 Å². The second-order valence-corrected chi connectivity index (χ2v) is 5.44. The van der Waals surface area contributed by atoms with E-state index < -0.39 is 0 Å². The Bertz CT molecular complexity index is 221. The van der Waals surface area contributed by atoms with Gasteiger partial charge in [-0.2, -0.15) is 0 Å². The number of hydrogen-bond donors (Lipinski definition) is 2. The number of amides is 1. The highest BCUT2D eigenvalue weighted by Gasteiger charge is 2.17. The van der Waals surface area contributed by atoms with Crippen LogP contribution in [0.2, 0.25) is 0 Å². The van der Waals surface area contributed by atoms with Gasteiger partial charge in [-0.05, 0) is 34.1 Å². The van der Waals surface area contributed by atoms with E-state index in [2.05, 4.69) is 44.8 Å². The molecule has 0 heterocycles. The van der Waals surface area contributed by atoms with Crippen molar-refractivity contribution in [1.29, 1.82) is 0 Å². The van der Waals surface area contributed by atoms with Gasteiger partial charge in [0.2, 0.25) is 5.91 Å². The first kappa shape index (κ1) is 17.4. The minimum Gasteiger partial charge on any atom is -0.355 e. The highest BCUT2D eigenvalue weighted by molar-refractivity contribution is 5.78. The third kappa shape index (κ3) is 6.36. The molecule has 0 aromatic rings. The highest BCUT2D eigenvalue weighted by atomic mass is 16.1. The molecular formula is C14H31N3O. The lowest BCUT2D eigenvalue weighted by atomic mass is 10.0. The van der Waals surface area contributed by atoms with Gasteiger partial charge in [-0.25, -0.2) is 0 Å². The van der Waals surface area contributed by atoms with Crippen molar-refractivity contribution in [2.75, 3.05) is 19.6 Å². The van der Waals surface area contributed by atoms with Gasteiger partial charge in [0.05, 0.1) is 5.92 Å². The quantitative estimate of drug-likeness (QED) is 0.659. The molecule has 0 aliphatic rings. The van der Waals surface area contributed by atoms with Crippen molar-refractivity contribution in [3.8, 4) is 0 Å². The molecular weight excluding hydrogens is 226 g/mol. The van der Waals surface area contributed by atoms with Crippen LogP contribution in [0.5, 0.6) is 0 Å². The summed E-state index contributed by atoms with van der Waals surface area (Å²) in [4.78, 5) is 14.2. The molecule has 0 aromatic heterocycles. The molecule has 108 valence electrons. The normalized spacial score (nSPS) is 13.4. The van der Waals surface area contributed by atoms with E-state index in [1.54, 1.807) is 0 Å². The van der Waals surface area contributed by atoms with Crippen LogP contribution in [-0.4, -0.2) is 42.5 Å². The van der Waals surface area contributed by atoms with E-state index in [0.29, 0.717) is 25.2 Å². The first-order chi connectivity index (χ1) is 8.43. The number of carbonyl (C=O) groups excluding carboxylic acids is 1. The fraction of sp³-hybridized carbons (Fsp3) is 0.929. The zero-order chi connectivity index (χ0) is 14.1. The fourth-order valence-corrected chi connectivity index (χ4v) is 2.27. The number of nitrogens with zero attached hydrogens (tertiary/aromatic N) is 1. The molecule has 1 atom stereocenters. The summed E-state index contributed by atoms with van der Waals surface area (Å²) >= 11 is 0. The molecule has 0 radical (unpaired) electrons. The van der Waals surface area contributed by atoms with Crippen LogP contribution in [0.3, 0.4) is 0 Å². The second kappa shape index (κ2) is 9.34. The second-order valence-electron chi connectivity index (χ2n) is 5.44. The summed E-state index contributed by atoms with van der Waals surface area (Å²) in [6.07, 6.45) is 1.87.